The fourth-order valence-corrected chi connectivity index (χ4v) is 3.51. The smallest absolute Gasteiger partial charge is 0.226 e. The van der Waals surface area contributed by atoms with Gasteiger partial charge in [0, 0.05) is 37.0 Å². The summed E-state index contributed by atoms with van der Waals surface area (Å²) in [7, 11) is 0. The van der Waals surface area contributed by atoms with Crippen LogP contribution in [0.25, 0.3) is 11.5 Å². The molecule has 4 rings (SSSR count). The van der Waals surface area contributed by atoms with Gasteiger partial charge in [-0.1, -0.05) is 23.8 Å². The highest BCUT2D eigenvalue weighted by Gasteiger charge is 2.15. The zero-order chi connectivity index (χ0) is 22.2. The number of benzene rings is 1. The number of aromatic nitrogens is 2. The molecule has 2 aromatic heterocycles. The van der Waals surface area contributed by atoms with Crippen LogP contribution in [0.4, 0.5) is 5.82 Å². The van der Waals surface area contributed by atoms with E-state index in [9.17, 15) is 0 Å². The minimum absolute atomic E-state index is 0.518. The van der Waals surface area contributed by atoms with Gasteiger partial charge in [-0.3, -0.25) is 0 Å². The number of anilines is 1. The molecule has 0 unspecified atom stereocenters. The van der Waals surface area contributed by atoms with Gasteiger partial charge in [-0.05, 0) is 32.0 Å². The number of pyridine rings is 1. The van der Waals surface area contributed by atoms with Crippen molar-refractivity contribution < 1.29 is 9.15 Å². The number of aliphatic imine (C=N–C) groups is 1. The molecule has 2 N–H and O–H groups in total. The highest BCUT2D eigenvalue weighted by Crippen LogP contribution is 2.20. The molecule has 1 fully saturated rings. The molecule has 1 aromatic carbocycles. The maximum atomic E-state index is 5.66. The van der Waals surface area contributed by atoms with Crippen molar-refractivity contribution in [2.24, 2.45) is 4.99 Å². The van der Waals surface area contributed by atoms with Crippen LogP contribution in [-0.4, -0.2) is 48.8 Å². The van der Waals surface area contributed by atoms with E-state index in [-0.39, 0.29) is 0 Å². The summed E-state index contributed by atoms with van der Waals surface area (Å²) in [5, 5.41) is 6.64. The van der Waals surface area contributed by atoms with Gasteiger partial charge >= 0.3 is 0 Å². The molecule has 0 spiro atoms. The van der Waals surface area contributed by atoms with Gasteiger partial charge in [-0.2, -0.15) is 0 Å². The second-order valence-corrected chi connectivity index (χ2v) is 7.64. The Morgan fingerprint density at radius 3 is 2.72 bits per heavy atom. The lowest BCUT2D eigenvalue weighted by Gasteiger charge is -2.29. The molecule has 0 aliphatic carbocycles. The molecule has 0 bridgehead atoms. The lowest BCUT2D eigenvalue weighted by atomic mass is 10.1. The standard InChI is InChI=1S/C24H30N6O2/c1-3-25-24(27-15-20-5-4-10-26-22(20)30-11-13-31-14-12-30)28-16-21-17-32-23(29-21)19-8-6-18(2)7-9-19/h4-10,17H,3,11-16H2,1-2H3,(H2,25,27,28). The molecule has 0 radical (unpaired) electrons. The fourth-order valence-electron chi connectivity index (χ4n) is 3.51. The third-order valence-corrected chi connectivity index (χ3v) is 5.22. The first-order valence-corrected chi connectivity index (χ1v) is 11.0. The zero-order valence-electron chi connectivity index (χ0n) is 18.7. The highest BCUT2D eigenvalue weighted by molar-refractivity contribution is 5.79. The van der Waals surface area contributed by atoms with E-state index in [1.807, 2.05) is 31.3 Å². The lowest BCUT2D eigenvalue weighted by Crippen LogP contribution is -2.38. The number of aryl methyl sites for hydroxylation is 1. The monoisotopic (exact) mass is 434 g/mol. The van der Waals surface area contributed by atoms with Crippen LogP contribution < -0.4 is 15.5 Å². The van der Waals surface area contributed by atoms with Gasteiger partial charge < -0.3 is 24.7 Å². The van der Waals surface area contributed by atoms with Crippen molar-refractivity contribution in [3.63, 3.8) is 0 Å². The van der Waals surface area contributed by atoms with Crippen molar-refractivity contribution in [3.05, 3.63) is 65.7 Å². The number of nitrogens with zero attached hydrogens (tertiary/aromatic N) is 4. The maximum Gasteiger partial charge on any atom is 0.226 e. The van der Waals surface area contributed by atoms with Crippen LogP contribution in [0.15, 0.2) is 58.3 Å². The Labute approximate surface area is 188 Å². The second kappa shape index (κ2) is 10.8. The summed E-state index contributed by atoms with van der Waals surface area (Å²) < 4.78 is 11.1. The minimum Gasteiger partial charge on any atom is -0.444 e. The minimum atomic E-state index is 0.518. The molecule has 0 amide bonds. The number of rotatable bonds is 7. The highest BCUT2D eigenvalue weighted by atomic mass is 16.5. The summed E-state index contributed by atoms with van der Waals surface area (Å²) in [6, 6.07) is 12.2. The van der Waals surface area contributed by atoms with E-state index in [2.05, 4.69) is 50.6 Å². The number of nitrogens with one attached hydrogen (secondary N) is 2. The van der Waals surface area contributed by atoms with Crippen LogP contribution in [0.3, 0.4) is 0 Å². The molecule has 8 nitrogen and oxygen atoms in total. The number of oxazole rings is 1. The Kier molecular flexibility index (Phi) is 7.34. The molecular formula is C24H30N6O2. The summed E-state index contributed by atoms with van der Waals surface area (Å²) in [5.74, 6) is 2.33. The number of guanidine groups is 1. The van der Waals surface area contributed by atoms with Gasteiger partial charge in [0.1, 0.15) is 12.1 Å². The van der Waals surface area contributed by atoms with Crippen molar-refractivity contribution in [1.29, 1.82) is 0 Å². The van der Waals surface area contributed by atoms with E-state index in [0.29, 0.717) is 19.0 Å². The van der Waals surface area contributed by atoms with Crippen LogP contribution >= 0.6 is 0 Å². The average molecular weight is 435 g/mol. The normalized spacial score (nSPS) is 14.4. The Hall–Kier alpha value is -3.39. The van der Waals surface area contributed by atoms with E-state index in [1.165, 1.54) is 5.56 Å². The maximum absolute atomic E-state index is 5.66. The SMILES string of the molecule is CCNC(=NCc1cccnc1N1CCOCC1)NCc1coc(-c2ccc(C)cc2)n1. The van der Waals surface area contributed by atoms with Crippen molar-refractivity contribution in [2.45, 2.75) is 26.9 Å². The van der Waals surface area contributed by atoms with Gasteiger partial charge in [0.25, 0.3) is 0 Å². The molecule has 3 heterocycles. The Balaban J connectivity index is 1.41. The third kappa shape index (κ3) is 5.64. The Morgan fingerprint density at radius 1 is 1.12 bits per heavy atom. The van der Waals surface area contributed by atoms with E-state index in [4.69, 9.17) is 14.1 Å². The van der Waals surface area contributed by atoms with Crippen molar-refractivity contribution in [1.82, 2.24) is 20.6 Å². The van der Waals surface area contributed by atoms with E-state index in [1.54, 1.807) is 6.26 Å². The second-order valence-electron chi connectivity index (χ2n) is 7.64. The van der Waals surface area contributed by atoms with E-state index in [0.717, 1.165) is 61.4 Å². The predicted octanol–water partition coefficient (Wildman–Crippen LogP) is 3.14. The molecule has 0 atom stereocenters. The largest absolute Gasteiger partial charge is 0.444 e. The first-order chi connectivity index (χ1) is 15.7. The van der Waals surface area contributed by atoms with E-state index < -0.39 is 0 Å². The average Bonchev–Trinajstić information content (AvgIpc) is 3.31. The quantitative estimate of drug-likeness (QED) is 0.436. The lowest BCUT2D eigenvalue weighted by molar-refractivity contribution is 0.122. The zero-order valence-corrected chi connectivity index (χ0v) is 18.7. The topological polar surface area (TPSA) is 87.8 Å². The molecule has 1 saturated heterocycles. The first kappa shape index (κ1) is 21.8. The van der Waals surface area contributed by atoms with Gasteiger partial charge in [0.15, 0.2) is 5.96 Å². The number of ether oxygens (including phenoxy) is 1. The summed E-state index contributed by atoms with van der Waals surface area (Å²) in [5.41, 5.74) is 4.09. The van der Waals surface area contributed by atoms with Crippen molar-refractivity contribution in [2.75, 3.05) is 37.7 Å². The van der Waals surface area contributed by atoms with Crippen LogP contribution in [0.2, 0.25) is 0 Å². The van der Waals surface area contributed by atoms with Gasteiger partial charge in [-0.15, -0.1) is 0 Å². The number of hydrogen-bond donors (Lipinski definition) is 2. The number of morpholine rings is 1. The molecule has 1 aliphatic rings. The summed E-state index contributed by atoms with van der Waals surface area (Å²) in [4.78, 5) is 16.2. The van der Waals surface area contributed by atoms with Crippen molar-refractivity contribution in [3.8, 4) is 11.5 Å². The molecule has 0 saturated carbocycles. The first-order valence-electron chi connectivity index (χ1n) is 11.0. The summed E-state index contributed by atoms with van der Waals surface area (Å²) >= 11 is 0. The van der Waals surface area contributed by atoms with Gasteiger partial charge in [0.05, 0.1) is 32.0 Å². The number of hydrogen-bond acceptors (Lipinski definition) is 6. The van der Waals surface area contributed by atoms with Crippen molar-refractivity contribution >= 4 is 11.8 Å². The van der Waals surface area contributed by atoms with E-state index >= 15 is 0 Å². The fraction of sp³-hybridized carbons (Fsp3) is 0.375. The molecular weight excluding hydrogens is 404 g/mol. The van der Waals surface area contributed by atoms with Crippen LogP contribution in [0.1, 0.15) is 23.7 Å². The predicted molar refractivity (Wildman–Crippen MR) is 126 cm³/mol. The molecule has 3 aromatic rings. The summed E-state index contributed by atoms with van der Waals surface area (Å²) in [6.07, 6.45) is 3.51. The van der Waals surface area contributed by atoms with Gasteiger partial charge in [-0.25, -0.2) is 15.0 Å². The van der Waals surface area contributed by atoms with Crippen LogP contribution in [-0.2, 0) is 17.8 Å². The Morgan fingerprint density at radius 2 is 1.94 bits per heavy atom. The van der Waals surface area contributed by atoms with Crippen LogP contribution in [0, 0.1) is 6.92 Å². The van der Waals surface area contributed by atoms with Gasteiger partial charge in [0.2, 0.25) is 5.89 Å². The molecule has 168 valence electrons. The third-order valence-electron chi connectivity index (χ3n) is 5.22. The molecule has 8 heteroatoms. The Bertz CT molecular complexity index is 1020. The molecule has 1 aliphatic heterocycles. The summed E-state index contributed by atoms with van der Waals surface area (Å²) in [6.45, 7) is 9.08. The molecule has 32 heavy (non-hydrogen) atoms. The van der Waals surface area contributed by atoms with Crippen LogP contribution in [0.5, 0.6) is 0 Å².